The lowest BCUT2D eigenvalue weighted by Gasteiger charge is -2.28. The van der Waals surface area contributed by atoms with E-state index >= 15 is 0 Å². The van der Waals surface area contributed by atoms with Crippen LogP contribution < -0.4 is 0 Å². The average Bonchev–Trinajstić information content (AvgIpc) is 2.36. The van der Waals surface area contributed by atoms with E-state index < -0.39 is 0 Å². The number of benzene rings is 1. The highest BCUT2D eigenvalue weighted by Crippen LogP contribution is 2.38. The molecule has 17 heavy (non-hydrogen) atoms. The third-order valence-corrected chi connectivity index (χ3v) is 4.64. The monoisotopic (exact) mass is 228 g/mol. The molecular formula is C17H24. The molecule has 0 aromatic heterocycles. The number of aryl methyl sites for hydroxylation is 1. The summed E-state index contributed by atoms with van der Waals surface area (Å²) in [5.74, 6) is 1.55. The van der Waals surface area contributed by atoms with E-state index in [9.17, 15) is 0 Å². The maximum atomic E-state index is 3.93. The van der Waals surface area contributed by atoms with Crippen molar-refractivity contribution in [3.8, 4) is 0 Å². The standard InChI is InChI=1S/C17H24/c1-5-15-7-9-16(10-8-15)17-11-6-12(2)13(3)14(17)4/h5-6,11,15-16H,1,7-10H2,2-4H3. The maximum Gasteiger partial charge on any atom is -0.0159 e. The molecule has 92 valence electrons. The lowest BCUT2D eigenvalue weighted by atomic mass is 9.77. The molecule has 0 amide bonds. The second-order valence-corrected chi connectivity index (χ2v) is 5.57. The van der Waals surface area contributed by atoms with Crippen molar-refractivity contribution < 1.29 is 0 Å². The lowest BCUT2D eigenvalue weighted by Crippen LogP contribution is -2.13. The predicted molar refractivity (Wildman–Crippen MR) is 75.5 cm³/mol. The van der Waals surface area contributed by atoms with Gasteiger partial charge >= 0.3 is 0 Å². The van der Waals surface area contributed by atoms with Crippen LogP contribution in [0.15, 0.2) is 24.8 Å². The van der Waals surface area contributed by atoms with Crippen molar-refractivity contribution in [3.63, 3.8) is 0 Å². The molecule has 0 heteroatoms. The highest BCUT2D eigenvalue weighted by Gasteiger charge is 2.22. The van der Waals surface area contributed by atoms with Crippen LogP contribution in [0, 0.1) is 26.7 Å². The molecule has 0 bridgehead atoms. The number of rotatable bonds is 2. The first-order valence-corrected chi connectivity index (χ1v) is 6.82. The zero-order chi connectivity index (χ0) is 12.4. The fraction of sp³-hybridized carbons (Fsp3) is 0.529. The summed E-state index contributed by atoms with van der Waals surface area (Å²) in [6.07, 6.45) is 7.45. The highest BCUT2D eigenvalue weighted by molar-refractivity contribution is 5.40. The van der Waals surface area contributed by atoms with Crippen LogP contribution in [0.5, 0.6) is 0 Å². The summed E-state index contributed by atoms with van der Waals surface area (Å²) >= 11 is 0. The molecule has 2 rings (SSSR count). The van der Waals surface area contributed by atoms with Gasteiger partial charge in [0.25, 0.3) is 0 Å². The Bertz CT molecular complexity index is 406. The molecule has 0 aliphatic heterocycles. The summed E-state index contributed by atoms with van der Waals surface area (Å²) in [6, 6.07) is 4.65. The van der Waals surface area contributed by atoms with Gasteiger partial charge in [-0.05, 0) is 80.5 Å². The molecule has 0 saturated heterocycles. The number of hydrogen-bond acceptors (Lipinski definition) is 0. The Morgan fingerprint density at radius 1 is 1.00 bits per heavy atom. The van der Waals surface area contributed by atoms with E-state index in [1.807, 2.05) is 0 Å². The van der Waals surface area contributed by atoms with Crippen molar-refractivity contribution in [2.24, 2.45) is 5.92 Å². The first kappa shape index (κ1) is 12.4. The minimum Gasteiger partial charge on any atom is -0.103 e. The Morgan fingerprint density at radius 2 is 1.65 bits per heavy atom. The van der Waals surface area contributed by atoms with Crippen LogP contribution >= 0.6 is 0 Å². The van der Waals surface area contributed by atoms with Crippen molar-refractivity contribution in [3.05, 3.63) is 47.0 Å². The third-order valence-electron chi connectivity index (χ3n) is 4.64. The Kier molecular flexibility index (Phi) is 3.71. The van der Waals surface area contributed by atoms with E-state index in [0.717, 1.165) is 11.8 Å². The van der Waals surface area contributed by atoms with Crippen LogP contribution in [0.2, 0.25) is 0 Å². The summed E-state index contributed by atoms with van der Waals surface area (Å²) in [7, 11) is 0. The molecular weight excluding hydrogens is 204 g/mol. The van der Waals surface area contributed by atoms with Gasteiger partial charge in [-0.2, -0.15) is 0 Å². The average molecular weight is 228 g/mol. The molecule has 1 fully saturated rings. The summed E-state index contributed by atoms with van der Waals surface area (Å²) in [5, 5.41) is 0. The smallest absolute Gasteiger partial charge is 0.0159 e. The van der Waals surface area contributed by atoms with Crippen LogP contribution in [0.4, 0.5) is 0 Å². The molecule has 1 saturated carbocycles. The van der Waals surface area contributed by atoms with Crippen LogP contribution in [0.25, 0.3) is 0 Å². The largest absolute Gasteiger partial charge is 0.103 e. The molecule has 0 radical (unpaired) electrons. The molecule has 1 aromatic carbocycles. The van der Waals surface area contributed by atoms with Crippen molar-refractivity contribution in [2.75, 3.05) is 0 Å². The van der Waals surface area contributed by atoms with Gasteiger partial charge in [-0.3, -0.25) is 0 Å². The van der Waals surface area contributed by atoms with Gasteiger partial charge in [-0.25, -0.2) is 0 Å². The number of hydrogen-bond donors (Lipinski definition) is 0. The van der Waals surface area contributed by atoms with Crippen LogP contribution in [0.3, 0.4) is 0 Å². The summed E-state index contributed by atoms with van der Waals surface area (Å²) in [5.41, 5.74) is 6.02. The van der Waals surface area contributed by atoms with Gasteiger partial charge in [0.05, 0.1) is 0 Å². The normalized spacial score (nSPS) is 24.6. The van der Waals surface area contributed by atoms with Crippen LogP contribution in [-0.4, -0.2) is 0 Å². The zero-order valence-corrected chi connectivity index (χ0v) is 11.4. The molecule has 0 spiro atoms. The zero-order valence-electron chi connectivity index (χ0n) is 11.4. The van der Waals surface area contributed by atoms with E-state index in [-0.39, 0.29) is 0 Å². The Balaban J connectivity index is 2.19. The second-order valence-electron chi connectivity index (χ2n) is 5.57. The van der Waals surface area contributed by atoms with E-state index in [2.05, 4.69) is 45.6 Å². The maximum absolute atomic E-state index is 3.93. The van der Waals surface area contributed by atoms with Crippen molar-refractivity contribution in [1.82, 2.24) is 0 Å². The number of allylic oxidation sites excluding steroid dienone is 1. The molecule has 1 aliphatic carbocycles. The molecule has 0 heterocycles. The Hall–Kier alpha value is -1.04. The van der Waals surface area contributed by atoms with Gasteiger partial charge in [-0.1, -0.05) is 18.2 Å². The van der Waals surface area contributed by atoms with Crippen LogP contribution in [-0.2, 0) is 0 Å². The van der Waals surface area contributed by atoms with Gasteiger partial charge in [0.1, 0.15) is 0 Å². The molecule has 0 nitrogen and oxygen atoms in total. The second kappa shape index (κ2) is 5.08. The first-order valence-electron chi connectivity index (χ1n) is 6.82. The summed E-state index contributed by atoms with van der Waals surface area (Å²) < 4.78 is 0. The molecule has 1 aliphatic rings. The quantitative estimate of drug-likeness (QED) is 0.620. The SMILES string of the molecule is C=CC1CCC(c2ccc(C)c(C)c2C)CC1. The minimum atomic E-state index is 0.762. The van der Waals surface area contributed by atoms with Crippen molar-refractivity contribution >= 4 is 0 Å². The van der Waals surface area contributed by atoms with Gasteiger partial charge in [0, 0.05) is 0 Å². The van der Waals surface area contributed by atoms with Gasteiger partial charge < -0.3 is 0 Å². The van der Waals surface area contributed by atoms with E-state index in [4.69, 9.17) is 0 Å². The predicted octanol–water partition coefficient (Wildman–Crippen LogP) is 5.07. The van der Waals surface area contributed by atoms with Gasteiger partial charge in [-0.15, -0.1) is 6.58 Å². The van der Waals surface area contributed by atoms with E-state index in [1.54, 1.807) is 5.56 Å². The summed E-state index contributed by atoms with van der Waals surface area (Å²) in [4.78, 5) is 0. The highest BCUT2D eigenvalue weighted by atomic mass is 14.3. The first-order chi connectivity index (χ1) is 8.13. The molecule has 0 N–H and O–H groups in total. The fourth-order valence-corrected chi connectivity index (χ4v) is 3.09. The molecule has 0 atom stereocenters. The van der Waals surface area contributed by atoms with Crippen molar-refractivity contribution in [1.29, 1.82) is 0 Å². The third kappa shape index (κ3) is 2.46. The van der Waals surface area contributed by atoms with E-state index in [1.165, 1.54) is 42.4 Å². The Labute approximate surface area is 106 Å². The van der Waals surface area contributed by atoms with Gasteiger partial charge in [0.2, 0.25) is 0 Å². The molecule has 0 unspecified atom stereocenters. The van der Waals surface area contributed by atoms with Crippen LogP contribution in [0.1, 0.15) is 53.9 Å². The lowest BCUT2D eigenvalue weighted by molar-refractivity contribution is 0.375. The fourth-order valence-electron chi connectivity index (χ4n) is 3.09. The van der Waals surface area contributed by atoms with Gasteiger partial charge in [0.15, 0.2) is 0 Å². The Morgan fingerprint density at radius 3 is 2.24 bits per heavy atom. The van der Waals surface area contributed by atoms with Crippen molar-refractivity contribution in [2.45, 2.75) is 52.4 Å². The summed E-state index contributed by atoms with van der Waals surface area (Å²) in [6.45, 7) is 10.7. The minimum absolute atomic E-state index is 0.762. The molecule has 1 aromatic rings. The van der Waals surface area contributed by atoms with E-state index in [0.29, 0.717) is 0 Å². The topological polar surface area (TPSA) is 0 Å².